The average Bonchev–Trinajstić information content (AvgIpc) is 2.05. The minimum absolute atomic E-state index is 0.475. The van der Waals surface area contributed by atoms with Gasteiger partial charge in [0.2, 0.25) is 0 Å². The molecule has 2 nitrogen and oxygen atoms in total. The lowest BCUT2D eigenvalue weighted by molar-refractivity contribution is 0.646. The summed E-state index contributed by atoms with van der Waals surface area (Å²) < 4.78 is 0. The van der Waals surface area contributed by atoms with Crippen molar-refractivity contribution in [2.24, 2.45) is 5.92 Å². The Bertz CT molecular complexity index is 280. The molecule has 0 atom stereocenters. The van der Waals surface area contributed by atoms with Gasteiger partial charge in [-0.15, -0.1) is 4.98 Å². The molecular formula is C10H12N2. The van der Waals surface area contributed by atoms with Gasteiger partial charge >= 0.3 is 0 Å². The molecule has 0 N–H and O–H groups in total. The smallest absolute Gasteiger partial charge is 0.269 e. The van der Waals surface area contributed by atoms with E-state index in [9.17, 15) is 0 Å². The summed E-state index contributed by atoms with van der Waals surface area (Å²) in [5, 5.41) is 0. The maximum absolute atomic E-state index is 6.72. The van der Waals surface area contributed by atoms with Crippen molar-refractivity contribution in [1.82, 2.24) is 4.98 Å². The predicted octanol–water partition coefficient (Wildman–Crippen LogP) is 2.83. The fourth-order valence-electron chi connectivity index (χ4n) is 1.07. The van der Waals surface area contributed by atoms with Gasteiger partial charge in [0.25, 0.3) is 5.82 Å². The normalized spacial score (nSPS) is 9.83. The summed E-state index contributed by atoms with van der Waals surface area (Å²) in [5.41, 5.74) is 1.21. The Hall–Kier alpha value is -1.36. The highest BCUT2D eigenvalue weighted by Gasteiger charge is 1.99. The molecule has 0 aliphatic heterocycles. The van der Waals surface area contributed by atoms with E-state index in [2.05, 4.69) is 23.7 Å². The first kappa shape index (κ1) is 8.73. The molecule has 0 spiro atoms. The summed E-state index contributed by atoms with van der Waals surface area (Å²) in [6.07, 6.45) is 2.82. The van der Waals surface area contributed by atoms with Crippen LogP contribution >= 0.6 is 0 Å². The summed E-state index contributed by atoms with van der Waals surface area (Å²) in [4.78, 5) is 7.23. The van der Waals surface area contributed by atoms with Gasteiger partial charge in [-0.2, -0.15) is 0 Å². The van der Waals surface area contributed by atoms with E-state index < -0.39 is 0 Å². The summed E-state index contributed by atoms with van der Waals surface area (Å²) >= 11 is 0. The van der Waals surface area contributed by atoms with Crippen LogP contribution < -0.4 is 0 Å². The number of aromatic nitrogens is 1. The summed E-state index contributed by atoms with van der Waals surface area (Å²) in [6.45, 7) is 11.1. The monoisotopic (exact) mass is 160 g/mol. The Morgan fingerprint density at radius 2 is 2.25 bits per heavy atom. The van der Waals surface area contributed by atoms with Crippen molar-refractivity contribution in [3.63, 3.8) is 0 Å². The second-order valence-electron chi connectivity index (χ2n) is 3.23. The summed E-state index contributed by atoms with van der Waals surface area (Å²) in [5.74, 6) is 1.12. The number of rotatable bonds is 2. The van der Waals surface area contributed by atoms with Crippen LogP contribution in [0.2, 0.25) is 0 Å². The highest BCUT2D eigenvalue weighted by atomic mass is 14.8. The van der Waals surface area contributed by atoms with Crippen molar-refractivity contribution in [3.05, 3.63) is 35.3 Å². The van der Waals surface area contributed by atoms with Crippen LogP contribution in [0, 0.1) is 12.5 Å². The Morgan fingerprint density at radius 3 is 2.67 bits per heavy atom. The lowest BCUT2D eigenvalue weighted by Crippen LogP contribution is -1.93. The third kappa shape index (κ3) is 2.35. The summed E-state index contributed by atoms with van der Waals surface area (Å²) in [6, 6.07) is 3.74. The molecule has 1 heterocycles. The van der Waals surface area contributed by atoms with Crippen molar-refractivity contribution in [2.45, 2.75) is 20.3 Å². The van der Waals surface area contributed by atoms with Gasteiger partial charge in [-0.3, -0.25) is 0 Å². The molecule has 0 bridgehead atoms. The molecule has 62 valence electrons. The molecule has 0 aromatic carbocycles. The fourth-order valence-corrected chi connectivity index (χ4v) is 1.07. The van der Waals surface area contributed by atoms with E-state index >= 15 is 0 Å². The van der Waals surface area contributed by atoms with Crippen molar-refractivity contribution < 1.29 is 0 Å². The average molecular weight is 160 g/mol. The summed E-state index contributed by atoms with van der Waals surface area (Å²) in [7, 11) is 0. The van der Waals surface area contributed by atoms with Gasteiger partial charge < -0.3 is 4.85 Å². The van der Waals surface area contributed by atoms with E-state index in [1.54, 1.807) is 12.3 Å². The molecule has 1 aromatic rings. The van der Waals surface area contributed by atoms with Crippen LogP contribution in [0.4, 0.5) is 5.82 Å². The SMILES string of the molecule is [C-]#[N+]c1ccc(CC(C)C)cn1. The number of hydrogen-bond acceptors (Lipinski definition) is 1. The van der Waals surface area contributed by atoms with E-state index in [0.717, 1.165) is 6.42 Å². The third-order valence-corrected chi connectivity index (χ3v) is 1.57. The quantitative estimate of drug-likeness (QED) is 0.608. The number of pyridine rings is 1. The van der Waals surface area contributed by atoms with Gasteiger partial charge in [-0.05, 0) is 24.0 Å². The predicted molar refractivity (Wildman–Crippen MR) is 49.0 cm³/mol. The molecule has 0 amide bonds. The Balaban J connectivity index is 2.73. The topological polar surface area (TPSA) is 17.2 Å². The van der Waals surface area contributed by atoms with Gasteiger partial charge in [0.05, 0.1) is 0 Å². The largest absolute Gasteiger partial charge is 0.361 e. The standard InChI is InChI=1S/C10H12N2/c1-8(2)6-9-4-5-10(11-3)12-7-9/h4-5,7-8H,6H2,1-2H3. The highest BCUT2D eigenvalue weighted by molar-refractivity contribution is 5.36. The first-order chi connectivity index (χ1) is 5.72. The van der Waals surface area contributed by atoms with Crippen LogP contribution in [0.5, 0.6) is 0 Å². The first-order valence-electron chi connectivity index (χ1n) is 4.04. The maximum atomic E-state index is 6.72. The molecule has 0 saturated carbocycles. The second-order valence-corrected chi connectivity index (χ2v) is 3.23. The molecule has 0 unspecified atom stereocenters. The number of hydrogen-bond donors (Lipinski definition) is 0. The zero-order chi connectivity index (χ0) is 8.97. The van der Waals surface area contributed by atoms with Crippen molar-refractivity contribution in [3.8, 4) is 0 Å². The third-order valence-electron chi connectivity index (χ3n) is 1.57. The van der Waals surface area contributed by atoms with Gasteiger partial charge in [0.15, 0.2) is 0 Å². The van der Waals surface area contributed by atoms with Crippen LogP contribution in [-0.4, -0.2) is 4.98 Å². The van der Waals surface area contributed by atoms with Crippen LogP contribution in [0.15, 0.2) is 18.3 Å². The van der Waals surface area contributed by atoms with Gasteiger partial charge in [-0.25, -0.2) is 0 Å². The molecule has 0 radical (unpaired) electrons. The molecule has 1 rings (SSSR count). The fraction of sp³-hybridized carbons (Fsp3) is 0.400. The van der Waals surface area contributed by atoms with Gasteiger partial charge in [0, 0.05) is 0 Å². The van der Waals surface area contributed by atoms with Crippen molar-refractivity contribution in [2.75, 3.05) is 0 Å². The van der Waals surface area contributed by atoms with Gasteiger partial charge in [-0.1, -0.05) is 26.5 Å². The Morgan fingerprint density at radius 1 is 1.50 bits per heavy atom. The van der Waals surface area contributed by atoms with Crippen LogP contribution in [0.1, 0.15) is 19.4 Å². The second kappa shape index (κ2) is 3.87. The molecular weight excluding hydrogens is 148 g/mol. The lowest BCUT2D eigenvalue weighted by atomic mass is 10.1. The maximum Gasteiger partial charge on any atom is 0.269 e. The van der Waals surface area contributed by atoms with Gasteiger partial charge in [0.1, 0.15) is 6.20 Å². The molecule has 1 aromatic heterocycles. The molecule has 0 aliphatic rings. The molecule has 0 fully saturated rings. The van der Waals surface area contributed by atoms with Crippen molar-refractivity contribution in [1.29, 1.82) is 0 Å². The van der Waals surface area contributed by atoms with E-state index in [1.165, 1.54) is 5.56 Å². The van der Waals surface area contributed by atoms with Crippen LogP contribution in [-0.2, 0) is 6.42 Å². The molecule has 12 heavy (non-hydrogen) atoms. The van der Waals surface area contributed by atoms with E-state index in [-0.39, 0.29) is 0 Å². The van der Waals surface area contributed by atoms with Crippen LogP contribution in [0.3, 0.4) is 0 Å². The Labute approximate surface area is 73.1 Å². The van der Waals surface area contributed by atoms with Crippen molar-refractivity contribution >= 4 is 5.82 Å². The zero-order valence-electron chi connectivity index (χ0n) is 7.41. The van der Waals surface area contributed by atoms with E-state index in [1.807, 2.05) is 6.07 Å². The first-order valence-corrected chi connectivity index (χ1v) is 4.04. The van der Waals surface area contributed by atoms with Crippen LogP contribution in [0.25, 0.3) is 4.85 Å². The minimum atomic E-state index is 0.475. The molecule has 2 heteroatoms. The lowest BCUT2D eigenvalue weighted by Gasteiger charge is -2.01. The Kier molecular flexibility index (Phi) is 2.82. The zero-order valence-corrected chi connectivity index (χ0v) is 7.41. The highest BCUT2D eigenvalue weighted by Crippen LogP contribution is 2.11. The minimum Gasteiger partial charge on any atom is -0.361 e. The van der Waals surface area contributed by atoms with E-state index in [4.69, 9.17) is 6.57 Å². The molecule has 0 saturated heterocycles. The van der Waals surface area contributed by atoms with E-state index in [0.29, 0.717) is 11.7 Å². The molecule has 0 aliphatic carbocycles. The number of nitrogens with zero attached hydrogens (tertiary/aromatic N) is 2.